The second kappa shape index (κ2) is 7.43. The molecule has 2 fully saturated rings. The number of piperidine rings is 1. The highest BCUT2D eigenvalue weighted by Crippen LogP contribution is 2.24. The zero-order chi connectivity index (χ0) is 15.2. The summed E-state index contributed by atoms with van der Waals surface area (Å²) in [7, 11) is 0. The van der Waals surface area contributed by atoms with Crippen LogP contribution in [0.4, 0.5) is 0 Å². The van der Waals surface area contributed by atoms with Crippen molar-refractivity contribution in [3.8, 4) is 12.3 Å². The molecule has 21 heavy (non-hydrogen) atoms. The van der Waals surface area contributed by atoms with Crippen LogP contribution >= 0.6 is 0 Å². The summed E-state index contributed by atoms with van der Waals surface area (Å²) in [6.45, 7) is 2.87. The van der Waals surface area contributed by atoms with Crippen LogP contribution in [0.3, 0.4) is 0 Å². The molecule has 0 radical (unpaired) electrons. The summed E-state index contributed by atoms with van der Waals surface area (Å²) in [5.74, 6) is 1.03. The van der Waals surface area contributed by atoms with Crippen LogP contribution in [0.2, 0.25) is 0 Å². The van der Waals surface area contributed by atoms with Gasteiger partial charge in [0.15, 0.2) is 0 Å². The Morgan fingerprint density at radius 2 is 2.10 bits per heavy atom. The van der Waals surface area contributed by atoms with Crippen LogP contribution in [0, 0.1) is 12.3 Å². The standard InChI is InChI=1S/C15H23N3O3/c1-2-4-12(15(20)21)17-14(19)13-5-3-10-18(13)11-6-8-16-9-7-11/h1,11-13,16H,3-10H2,(H,17,19)(H,20,21). The maximum atomic E-state index is 12.4. The van der Waals surface area contributed by atoms with Crippen molar-refractivity contribution in [3.05, 3.63) is 0 Å². The van der Waals surface area contributed by atoms with E-state index in [2.05, 4.69) is 21.5 Å². The summed E-state index contributed by atoms with van der Waals surface area (Å²) in [6.07, 6.45) is 9.02. The minimum Gasteiger partial charge on any atom is -0.480 e. The molecule has 2 aliphatic heterocycles. The van der Waals surface area contributed by atoms with E-state index in [-0.39, 0.29) is 18.4 Å². The molecule has 0 aromatic heterocycles. The maximum Gasteiger partial charge on any atom is 0.327 e. The third kappa shape index (κ3) is 3.96. The number of carbonyl (C=O) groups is 2. The SMILES string of the molecule is C#CCC(NC(=O)C1CCCN1C1CCNCC1)C(=O)O. The fourth-order valence-corrected chi connectivity index (χ4v) is 3.23. The molecule has 0 aromatic rings. The largest absolute Gasteiger partial charge is 0.480 e. The molecule has 0 spiro atoms. The van der Waals surface area contributed by atoms with Gasteiger partial charge in [0.25, 0.3) is 0 Å². The summed E-state index contributed by atoms with van der Waals surface area (Å²) in [4.78, 5) is 25.7. The molecule has 0 aromatic carbocycles. The Labute approximate surface area is 125 Å². The molecular weight excluding hydrogens is 270 g/mol. The fourth-order valence-electron chi connectivity index (χ4n) is 3.23. The lowest BCUT2D eigenvalue weighted by Crippen LogP contribution is -2.53. The molecule has 3 N–H and O–H groups in total. The van der Waals surface area contributed by atoms with Gasteiger partial charge in [-0.15, -0.1) is 12.3 Å². The minimum atomic E-state index is -1.08. The van der Waals surface area contributed by atoms with Crippen LogP contribution in [0.5, 0.6) is 0 Å². The molecule has 2 heterocycles. The Morgan fingerprint density at radius 1 is 1.38 bits per heavy atom. The van der Waals surface area contributed by atoms with E-state index >= 15 is 0 Å². The Kier molecular flexibility index (Phi) is 5.59. The number of carboxylic acid groups (broad SMARTS) is 1. The fraction of sp³-hybridized carbons (Fsp3) is 0.733. The zero-order valence-electron chi connectivity index (χ0n) is 12.2. The molecule has 1 amide bonds. The van der Waals surface area contributed by atoms with Gasteiger partial charge in [-0.3, -0.25) is 9.69 Å². The molecule has 116 valence electrons. The van der Waals surface area contributed by atoms with Crippen LogP contribution < -0.4 is 10.6 Å². The van der Waals surface area contributed by atoms with Crippen molar-refractivity contribution in [2.75, 3.05) is 19.6 Å². The average Bonchev–Trinajstić information content (AvgIpc) is 2.97. The quantitative estimate of drug-likeness (QED) is 0.611. The molecule has 2 atom stereocenters. The van der Waals surface area contributed by atoms with E-state index in [1.54, 1.807) is 0 Å². The number of rotatable bonds is 5. The van der Waals surface area contributed by atoms with Gasteiger partial charge < -0.3 is 15.7 Å². The van der Waals surface area contributed by atoms with Gasteiger partial charge >= 0.3 is 5.97 Å². The van der Waals surface area contributed by atoms with Gasteiger partial charge in [0, 0.05) is 12.5 Å². The first-order valence-electron chi connectivity index (χ1n) is 7.56. The number of hydrogen-bond donors (Lipinski definition) is 3. The smallest absolute Gasteiger partial charge is 0.327 e. The van der Waals surface area contributed by atoms with E-state index in [9.17, 15) is 9.59 Å². The second-order valence-electron chi connectivity index (χ2n) is 5.68. The van der Waals surface area contributed by atoms with Crippen LogP contribution in [0.1, 0.15) is 32.1 Å². The van der Waals surface area contributed by atoms with Gasteiger partial charge in [-0.2, -0.15) is 0 Å². The average molecular weight is 293 g/mol. The number of carboxylic acids is 1. The number of carbonyl (C=O) groups excluding carboxylic acids is 1. The summed E-state index contributed by atoms with van der Waals surface area (Å²) < 4.78 is 0. The van der Waals surface area contributed by atoms with Crippen molar-refractivity contribution in [2.24, 2.45) is 0 Å². The highest BCUT2D eigenvalue weighted by atomic mass is 16.4. The zero-order valence-corrected chi connectivity index (χ0v) is 12.2. The second-order valence-corrected chi connectivity index (χ2v) is 5.68. The Morgan fingerprint density at radius 3 is 2.71 bits per heavy atom. The molecule has 0 bridgehead atoms. The molecule has 2 saturated heterocycles. The number of nitrogens with one attached hydrogen (secondary N) is 2. The predicted molar refractivity (Wildman–Crippen MR) is 78.6 cm³/mol. The van der Waals surface area contributed by atoms with Crippen molar-refractivity contribution in [2.45, 2.75) is 50.2 Å². The Bertz CT molecular complexity index is 426. The highest BCUT2D eigenvalue weighted by molar-refractivity contribution is 5.87. The van der Waals surface area contributed by atoms with E-state index in [0.717, 1.165) is 45.3 Å². The van der Waals surface area contributed by atoms with E-state index in [4.69, 9.17) is 11.5 Å². The number of nitrogens with zero attached hydrogens (tertiary/aromatic N) is 1. The predicted octanol–water partition coefficient (Wildman–Crippen LogP) is -0.204. The van der Waals surface area contributed by atoms with Crippen LogP contribution in [0.15, 0.2) is 0 Å². The van der Waals surface area contributed by atoms with Crippen LogP contribution in [0.25, 0.3) is 0 Å². The molecule has 0 aliphatic carbocycles. The summed E-state index contributed by atoms with van der Waals surface area (Å²) in [5, 5.41) is 15.0. The molecule has 2 rings (SSSR count). The summed E-state index contributed by atoms with van der Waals surface area (Å²) in [5.41, 5.74) is 0. The third-order valence-corrected chi connectivity index (χ3v) is 4.31. The van der Waals surface area contributed by atoms with Crippen LogP contribution in [-0.2, 0) is 9.59 Å². The molecule has 0 saturated carbocycles. The first kappa shape index (κ1) is 15.8. The lowest BCUT2D eigenvalue weighted by molar-refractivity contribution is -0.142. The van der Waals surface area contributed by atoms with Gasteiger partial charge in [-0.1, -0.05) is 0 Å². The van der Waals surface area contributed by atoms with Crippen molar-refractivity contribution in [1.82, 2.24) is 15.5 Å². The first-order valence-corrected chi connectivity index (χ1v) is 7.56. The Balaban J connectivity index is 1.96. The molecule has 6 nitrogen and oxygen atoms in total. The number of likely N-dealkylation sites (tertiary alicyclic amines) is 1. The molecule has 2 aliphatic rings. The third-order valence-electron chi connectivity index (χ3n) is 4.31. The van der Waals surface area contributed by atoms with E-state index in [0.29, 0.717) is 6.04 Å². The van der Waals surface area contributed by atoms with Gasteiger partial charge in [0.1, 0.15) is 6.04 Å². The monoisotopic (exact) mass is 293 g/mol. The summed E-state index contributed by atoms with van der Waals surface area (Å²) >= 11 is 0. The topological polar surface area (TPSA) is 81.7 Å². The number of terminal acetylenes is 1. The highest BCUT2D eigenvalue weighted by Gasteiger charge is 2.36. The number of aliphatic carboxylic acids is 1. The molecular formula is C15H23N3O3. The van der Waals surface area contributed by atoms with Gasteiger partial charge in [-0.05, 0) is 45.3 Å². The van der Waals surface area contributed by atoms with E-state index < -0.39 is 12.0 Å². The maximum absolute atomic E-state index is 12.4. The number of amides is 1. The minimum absolute atomic E-state index is 0.0150. The van der Waals surface area contributed by atoms with Crippen LogP contribution in [-0.4, -0.2) is 59.6 Å². The first-order chi connectivity index (χ1) is 10.1. The van der Waals surface area contributed by atoms with E-state index in [1.807, 2.05) is 0 Å². The van der Waals surface area contributed by atoms with Crippen molar-refractivity contribution >= 4 is 11.9 Å². The van der Waals surface area contributed by atoms with Gasteiger partial charge in [-0.25, -0.2) is 4.79 Å². The van der Waals surface area contributed by atoms with Crippen molar-refractivity contribution < 1.29 is 14.7 Å². The number of hydrogen-bond acceptors (Lipinski definition) is 4. The van der Waals surface area contributed by atoms with Gasteiger partial charge in [0.2, 0.25) is 5.91 Å². The van der Waals surface area contributed by atoms with Gasteiger partial charge in [0.05, 0.1) is 6.04 Å². The van der Waals surface area contributed by atoms with E-state index in [1.165, 1.54) is 0 Å². The molecule has 6 heteroatoms. The Hall–Kier alpha value is -1.58. The lowest BCUT2D eigenvalue weighted by Gasteiger charge is -2.35. The lowest BCUT2D eigenvalue weighted by atomic mass is 10.0. The van der Waals surface area contributed by atoms with Crippen molar-refractivity contribution in [1.29, 1.82) is 0 Å². The molecule has 2 unspecified atom stereocenters. The van der Waals surface area contributed by atoms with Crippen molar-refractivity contribution in [3.63, 3.8) is 0 Å². The normalized spacial score (nSPS) is 25.2. The summed E-state index contributed by atoms with van der Waals surface area (Å²) in [6, 6.07) is -0.786.